The molecule has 4 heterocycles. The van der Waals surface area contributed by atoms with Crippen molar-refractivity contribution in [3.05, 3.63) is 49.6 Å². The van der Waals surface area contributed by atoms with Crippen LogP contribution in [-0.2, 0) is 14.2 Å². The molecule has 3 aliphatic rings. The predicted molar refractivity (Wildman–Crippen MR) is 146 cm³/mol. The molecule has 0 unspecified atom stereocenters. The molecule has 2 N–H and O–H groups in total. The summed E-state index contributed by atoms with van der Waals surface area (Å²) < 4.78 is 20.0. The third-order valence-electron chi connectivity index (χ3n) is 6.60. The molecular formula is C28H39IN5O5-. The number of aromatic nitrogens is 1. The Labute approximate surface area is 241 Å². The molecule has 1 aromatic heterocycles. The van der Waals surface area contributed by atoms with E-state index in [2.05, 4.69) is 22.1 Å². The van der Waals surface area contributed by atoms with Crippen molar-refractivity contribution in [1.82, 2.24) is 15.6 Å². The molecule has 3 amide bonds. The fraction of sp³-hybridized carbons (Fsp3) is 0.536. The molecule has 3 aliphatic heterocycles. The standard InChI is InChI=1S/C28H39IN5O5/c1-8-20(37-15-21-16-38-28(6,7)39-21)13-23(29-9-2)31-27(36)34-19-10-11-33(14-19)22-12-18(5)24(32-25(22)34)26(35)30-17(3)4/h8-9,12-13,17,19,21H,2,10-11,14-16H2,1,3-7H3,(H,30,35)(H,31,36)/q-1/b20-8+,23-13+/t19-,21-/m0/s1. The second-order valence-electron chi connectivity index (χ2n) is 10.5. The van der Waals surface area contributed by atoms with E-state index in [1.807, 2.05) is 63.8 Å². The molecule has 0 spiro atoms. The predicted octanol–water partition coefficient (Wildman–Crippen LogP) is 0.782. The Morgan fingerprint density at radius 3 is 2.79 bits per heavy atom. The van der Waals surface area contributed by atoms with Crippen LogP contribution in [-0.4, -0.2) is 67.2 Å². The van der Waals surface area contributed by atoms with Gasteiger partial charge >= 0.3 is 242 Å². The molecule has 0 saturated carbocycles. The molecule has 4 rings (SSSR count). The Morgan fingerprint density at radius 1 is 1.38 bits per heavy atom. The summed E-state index contributed by atoms with van der Waals surface area (Å²) in [6.07, 6.45) is 4.37. The van der Waals surface area contributed by atoms with Crippen molar-refractivity contribution in [2.45, 2.75) is 71.9 Å². The minimum absolute atomic E-state index is 0.0214. The fourth-order valence-electron chi connectivity index (χ4n) is 4.87. The van der Waals surface area contributed by atoms with Crippen LogP contribution in [0.4, 0.5) is 16.3 Å². The van der Waals surface area contributed by atoms with Crippen LogP contribution in [0, 0.1) is 6.92 Å². The van der Waals surface area contributed by atoms with Gasteiger partial charge in [0.25, 0.3) is 0 Å². The molecule has 1 aromatic rings. The number of ether oxygens (including phenoxy) is 3. The number of nitrogens with zero attached hydrogens (tertiary/aromatic N) is 3. The molecule has 0 aliphatic carbocycles. The number of aryl methyl sites for hydroxylation is 1. The van der Waals surface area contributed by atoms with E-state index in [1.165, 1.54) is 0 Å². The van der Waals surface area contributed by atoms with Gasteiger partial charge in [-0.2, -0.15) is 0 Å². The number of pyridine rings is 1. The Bertz CT molecular complexity index is 1180. The molecule has 2 atom stereocenters. The second-order valence-corrected chi connectivity index (χ2v) is 13.2. The summed E-state index contributed by atoms with van der Waals surface area (Å²) in [6.45, 7) is 17.6. The van der Waals surface area contributed by atoms with Crippen LogP contribution in [0.5, 0.6) is 0 Å². The van der Waals surface area contributed by atoms with E-state index in [4.69, 9.17) is 19.2 Å². The Hall–Kier alpha value is -2.64. The van der Waals surface area contributed by atoms with Gasteiger partial charge in [-0.3, -0.25) is 0 Å². The van der Waals surface area contributed by atoms with E-state index in [0.29, 0.717) is 30.5 Å². The second kappa shape index (κ2) is 12.3. The van der Waals surface area contributed by atoms with Crippen molar-refractivity contribution in [2.75, 3.05) is 36.1 Å². The first kappa shape index (κ1) is 29.3. The zero-order valence-corrected chi connectivity index (χ0v) is 25.7. The molecule has 214 valence electrons. The van der Waals surface area contributed by atoms with Gasteiger partial charge in [0, 0.05) is 0 Å². The molecule has 2 bridgehead atoms. The number of amides is 3. The first-order valence-corrected chi connectivity index (χ1v) is 15.6. The van der Waals surface area contributed by atoms with Crippen LogP contribution < -0.4 is 41.6 Å². The summed E-state index contributed by atoms with van der Waals surface area (Å²) >= 11 is -0.687. The monoisotopic (exact) mass is 652 g/mol. The van der Waals surface area contributed by atoms with Crippen LogP contribution in [0.15, 0.2) is 38.3 Å². The maximum atomic E-state index is 13.8. The fourth-order valence-corrected chi connectivity index (χ4v) is 6.22. The van der Waals surface area contributed by atoms with Crippen molar-refractivity contribution in [2.24, 2.45) is 0 Å². The van der Waals surface area contributed by atoms with Crippen LogP contribution in [0.1, 0.15) is 57.1 Å². The van der Waals surface area contributed by atoms with Crippen molar-refractivity contribution < 1.29 is 45.0 Å². The third-order valence-corrected chi connectivity index (χ3v) is 8.29. The van der Waals surface area contributed by atoms with Crippen molar-refractivity contribution in [1.29, 1.82) is 0 Å². The van der Waals surface area contributed by atoms with Crippen molar-refractivity contribution in [3.8, 4) is 0 Å². The zero-order chi connectivity index (χ0) is 28.3. The number of carbonyl (C=O) groups excluding carboxylic acids is 2. The van der Waals surface area contributed by atoms with E-state index < -0.39 is 27.0 Å². The molecule has 11 heteroatoms. The summed E-state index contributed by atoms with van der Waals surface area (Å²) in [4.78, 5) is 35.4. The van der Waals surface area contributed by atoms with Gasteiger partial charge in [0.2, 0.25) is 0 Å². The molecule has 2 saturated heterocycles. The van der Waals surface area contributed by atoms with Gasteiger partial charge in [0.1, 0.15) is 0 Å². The first-order chi connectivity index (χ1) is 18.5. The van der Waals surface area contributed by atoms with E-state index in [0.717, 1.165) is 34.5 Å². The Morgan fingerprint density at radius 2 is 2.15 bits per heavy atom. The van der Waals surface area contributed by atoms with Gasteiger partial charge in [-0.15, -0.1) is 0 Å². The van der Waals surface area contributed by atoms with E-state index in [1.54, 1.807) is 4.90 Å². The number of carbonyl (C=O) groups is 2. The van der Waals surface area contributed by atoms with Gasteiger partial charge < -0.3 is 0 Å². The number of urea groups is 1. The van der Waals surface area contributed by atoms with Gasteiger partial charge in [-0.25, -0.2) is 0 Å². The average Bonchev–Trinajstić information content (AvgIpc) is 3.44. The van der Waals surface area contributed by atoms with E-state index >= 15 is 0 Å². The molecule has 39 heavy (non-hydrogen) atoms. The van der Waals surface area contributed by atoms with Gasteiger partial charge in [-0.05, 0) is 0 Å². The molecule has 10 nitrogen and oxygen atoms in total. The summed E-state index contributed by atoms with van der Waals surface area (Å²) in [6, 6.07) is 1.64. The number of nitrogens with one attached hydrogen (secondary N) is 2. The van der Waals surface area contributed by atoms with Crippen LogP contribution in [0.2, 0.25) is 0 Å². The summed E-state index contributed by atoms with van der Waals surface area (Å²) in [5.74, 6) is 0.287. The number of hydrogen-bond donors (Lipinski definition) is 2. The number of allylic oxidation sites excluding steroid dienone is 2. The molecular weight excluding hydrogens is 613 g/mol. The first-order valence-electron chi connectivity index (χ1n) is 13.3. The SMILES string of the molecule is C=C[I-]/C(=C\C(=C/C)OC[C@H]1COC(C)(C)O1)NC(=O)N1c2nc(C(=O)NC(C)C)c(C)cc2N2CC[C@H]1C2. The third kappa shape index (κ3) is 6.93. The maximum absolute atomic E-state index is 13.8. The van der Waals surface area contributed by atoms with Crippen LogP contribution in [0.25, 0.3) is 0 Å². The molecule has 0 radical (unpaired) electrons. The topological polar surface area (TPSA) is 105 Å². The van der Waals surface area contributed by atoms with Crippen molar-refractivity contribution in [3.63, 3.8) is 0 Å². The summed E-state index contributed by atoms with van der Waals surface area (Å²) in [5, 5.41) is 6.02. The van der Waals surface area contributed by atoms with Crippen LogP contribution in [0.3, 0.4) is 0 Å². The number of halogens is 1. The Balaban J connectivity index is 1.55. The zero-order valence-electron chi connectivity index (χ0n) is 23.5. The number of anilines is 2. The summed E-state index contributed by atoms with van der Waals surface area (Å²) in [7, 11) is 0. The van der Waals surface area contributed by atoms with Gasteiger partial charge in [-0.1, -0.05) is 0 Å². The molecule has 2 fully saturated rings. The minimum atomic E-state index is -0.687. The number of fused-ring (bicyclic) bond motifs is 4. The van der Waals surface area contributed by atoms with Gasteiger partial charge in [0.15, 0.2) is 0 Å². The van der Waals surface area contributed by atoms with Crippen LogP contribution >= 0.6 is 0 Å². The number of hydrogen-bond acceptors (Lipinski definition) is 7. The van der Waals surface area contributed by atoms with E-state index in [-0.39, 0.29) is 30.1 Å². The number of rotatable bonds is 9. The quantitative estimate of drug-likeness (QED) is 0.176. The van der Waals surface area contributed by atoms with Crippen molar-refractivity contribution >= 4 is 23.4 Å². The van der Waals surface area contributed by atoms with E-state index in [9.17, 15) is 9.59 Å². The normalized spacial score (nSPS) is 22.2. The van der Waals surface area contributed by atoms with Gasteiger partial charge in [0.05, 0.1) is 0 Å². The Kier molecular flexibility index (Phi) is 9.22. The average molecular weight is 653 g/mol. The molecule has 0 aromatic carbocycles. The summed E-state index contributed by atoms with van der Waals surface area (Å²) in [5.41, 5.74) is 1.99.